The van der Waals surface area contributed by atoms with Gasteiger partial charge in [0.15, 0.2) is 0 Å². The van der Waals surface area contributed by atoms with Crippen molar-refractivity contribution in [2.45, 2.75) is 25.8 Å². The van der Waals surface area contributed by atoms with Crippen LogP contribution >= 0.6 is 0 Å². The molecule has 1 aliphatic rings. The van der Waals surface area contributed by atoms with Gasteiger partial charge in [0.05, 0.1) is 11.7 Å². The van der Waals surface area contributed by atoms with Crippen LogP contribution in [0.1, 0.15) is 30.4 Å². The van der Waals surface area contributed by atoms with Crippen LogP contribution in [0.2, 0.25) is 0 Å². The van der Waals surface area contributed by atoms with Crippen molar-refractivity contribution in [2.24, 2.45) is 0 Å². The Labute approximate surface area is 144 Å². The molecule has 126 valence electrons. The van der Waals surface area contributed by atoms with Crippen LogP contribution in [0.3, 0.4) is 0 Å². The Morgan fingerprint density at radius 2 is 2.04 bits per heavy atom. The second-order valence-electron chi connectivity index (χ2n) is 6.12. The topological polar surface area (TPSA) is 87.7 Å². The van der Waals surface area contributed by atoms with Crippen LogP contribution in [-0.4, -0.2) is 31.5 Å². The van der Waals surface area contributed by atoms with E-state index in [0.29, 0.717) is 11.5 Å². The summed E-state index contributed by atoms with van der Waals surface area (Å²) >= 11 is 0. The summed E-state index contributed by atoms with van der Waals surface area (Å²) in [5.41, 5.74) is 2.31. The molecule has 0 spiro atoms. The van der Waals surface area contributed by atoms with Gasteiger partial charge in [0, 0.05) is 42.3 Å². The van der Waals surface area contributed by atoms with E-state index in [2.05, 4.69) is 24.8 Å². The largest absolute Gasteiger partial charge is 0.346 e. The van der Waals surface area contributed by atoms with Gasteiger partial charge in [-0.3, -0.25) is 9.78 Å². The highest BCUT2D eigenvalue weighted by Gasteiger charge is 2.29. The Morgan fingerprint density at radius 1 is 1.20 bits per heavy atom. The summed E-state index contributed by atoms with van der Waals surface area (Å²) in [5, 5.41) is 0. The average Bonchev–Trinajstić information content (AvgIpc) is 3.12. The SMILES string of the molecule is Cc1cc(N2CCC[C@@H]2c2nc(-c3ccncc3)cc(=O)[nH]2)ncn1. The van der Waals surface area contributed by atoms with Crippen molar-refractivity contribution in [3.8, 4) is 11.3 Å². The van der Waals surface area contributed by atoms with Crippen molar-refractivity contribution in [2.75, 3.05) is 11.4 Å². The lowest BCUT2D eigenvalue weighted by molar-refractivity contribution is 0.656. The lowest BCUT2D eigenvalue weighted by Crippen LogP contribution is -2.27. The first kappa shape index (κ1) is 15.4. The first-order chi connectivity index (χ1) is 12.2. The van der Waals surface area contributed by atoms with E-state index in [1.165, 1.54) is 6.07 Å². The zero-order valence-electron chi connectivity index (χ0n) is 13.9. The lowest BCUT2D eigenvalue weighted by atomic mass is 10.1. The maximum atomic E-state index is 12.2. The van der Waals surface area contributed by atoms with Gasteiger partial charge in [-0.05, 0) is 31.9 Å². The van der Waals surface area contributed by atoms with Gasteiger partial charge in [0.2, 0.25) is 0 Å². The average molecular weight is 334 g/mol. The van der Waals surface area contributed by atoms with E-state index in [1.54, 1.807) is 18.7 Å². The van der Waals surface area contributed by atoms with Crippen LogP contribution < -0.4 is 10.5 Å². The third-order valence-corrected chi connectivity index (χ3v) is 4.39. The minimum absolute atomic E-state index is 0.00351. The van der Waals surface area contributed by atoms with Crippen LogP contribution in [0.25, 0.3) is 11.3 Å². The first-order valence-corrected chi connectivity index (χ1v) is 8.28. The van der Waals surface area contributed by atoms with Crippen LogP contribution in [0.15, 0.2) is 47.8 Å². The molecule has 25 heavy (non-hydrogen) atoms. The number of aryl methyl sites for hydroxylation is 1. The van der Waals surface area contributed by atoms with Crippen molar-refractivity contribution in [1.29, 1.82) is 0 Å². The molecule has 0 bridgehead atoms. The molecular weight excluding hydrogens is 316 g/mol. The van der Waals surface area contributed by atoms with Gasteiger partial charge in [-0.1, -0.05) is 0 Å². The molecule has 0 unspecified atom stereocenters. The summed E-state index contributed by atoms with van der Waals surface area (Å²) in [5.74, 6) is 1.54. The predicted molar refractivity (Wildman–Crippen MR) is 94.2 cm³/mol. The van der Waals surface area contributed by atoms with E-state index < -0.39 is 0 Å². The summed E-state index contributed by atoms with van der Waals surface area (Å²) in [4.78, 5) is 34.6. The molecule has 0 aliphatic carbocycles. The predicted octanol–water partition coefficient (Wildman–Crippen LogP) is 2.27. The maximum absolute atomic E-state index is 12.2. The molecule has 0 aromatic carbocycles. The van der Waals surface area contributed by atoms with Gasteiger partial charge < -0.3 is 9.88 Å². The Morgan fingerprint density at radius 3 is 2.84 bits per heavy atom. The Hall–Kier alpha value is -3.09. The zero-order chi connectivity index (χ0) is 17.2. The molecule has 3 aromatic rings. The summed E-state index contributed by atoms with van der Waals surface area (Å²) in [6, 6.07) is 7.19. The van der Waals surface area contributed by atoms with Crippen molar-refractivity contribution in [1.82, 2.24) is 24.9 Å². The van der Waals surface area contributed by atoms with Crippen LogP contribution in [-0.2, 0) is 0 Å². The first-order valence-electron chi connectivity index (χ1n) is 8.28. The number of anilines is 1. The summed E-state index contributed by atoms with van der Waals surface area (Å²) in [7, 11) is 0. The third kappa shape index (κ3) is 3.13. The van der Waals surface area contributed by atoms with E-state index >= 15 is 0 Å². The molecule has 1 fully saturated rings. The molecule has 7 heteroatoms. The van der Waals surface area contributed by atoms with Gasteiger partial charge in [-0.25, -0.2) is 15.0 Å². The highest BCUT2D eigenvalue weighted by Crippen LogP contribution is 2.33. The van der Waals surface area contributed by atoms with Gasteiger partial charge in [-0.15, -0.1) is 0 Å². The van der Waals surface area contributed by atoms with Gasteiger partial charge in [0.25, 0.3) is 5.56 Å². The fourth-order valence-electron chi connectivity index (χ4n) is 3.23. The monoisotopic (exact) mass is 334 g/mol. The third-order valence-electron chi connectivity index (χ3n) is 4.39. The molecule has 1 aliphatic heterocycles. The number of aromatic amines is 1. The number of nitrogens with zero attached hydrogens (tertiary/aromatic N) is 5. The normalized spacial score (nSPS) is 17.0. The molecule has 1 atom stereocenters. The maximum Gasteiger partial charge on any atom is 0.251 e. The van der Waals surface area contributed by atoms with Crippen LogP contribution in [0.4, 0.5) is 5.82 Å². The van der Waals surface area contributed by atoms with E-state index in [1.807, 2.05) is 25.1 Å². The van der Waals surface area contributed by atoms with Gasteiger partial charge in [-0.2, -0.15) is 0 Å². The van der Waals surface area contributed by atoms with Crippen LogP contribution in [0, 0.1) is 6.92 Å². The molecule has 4 heterocycles. The van der Waals surface area contributed by atoms with Crippen molar-refractivity contribution in [3.05, 3.63) is 64.9 Å². The van der Waals surface area contributed by atoms with Crippen LogP contribution in [0.5, 0.6) is 0 Å². The summed E-state index contributed by atoms with van der Waals surface area (Å²) in [6.45, 7) is 2.82. The minimum atomic E-state index is -0.150. The molecule has 7 nitrogen and oxygen atoms in total. The van der Waals surface area contributed by atoms with Crippen molar-refractivity contribution < 1.29 is 0 Å². The highest BCUT2D eigenvalue weighted by molar-refractivity contribution is 5.57. The smallest absolute Gasteiger partial charge is 0.251 e. The number of pyridine rings is 1. The number of hydrogen-bond donors (Lipinski definition) is 1. The summed E-state index contributed by atoms with van der Waals surface area (Å²) < 4.78 is 0. The number of nitrogens with one attached hydrogen (secondary N) is 1. The van der Waals surface area contributed by atoms with E-state index in [4.69, 9.17) is 4.98 Å². The van der Waals surface area contributed by atoms with Gasteiger partial charge >= 0.3 is 0 Å². The van der Waals surface area contributed by atoms with Gasteiger partial charge in [0.1, 0.15) is 18.0 Å². The molecule has 0 saturated carbocycles. The second-order valence-corrected chi connectivity index (χ2v) is 6.12. The van der Waals surface area contributed by atoms with Crippen molar-refractivity contribution in [3.63, 3.8) is 0 Å². The standard InChI is InChI=1S/C18H18N6O/c1-12-9-16(21-11-20-12)24-8-2-3-15(24)18-22-14(10-17(25)23-18)13-4-6-19-7-5-13/h4-7,9-11,15H,2-3,8H2,1H3,(H,22,23,25)/t15-/m1/s1. The quantitative estimate of drug-likeness (QED) is 0.790. The molecular formula is C18H18N6O. The summed E-state index contributed by atoms with van der Waals surface area (Å²) in [6.07, 6.45) is 6.92. The fraction of sp³-hybridized carbons (Fsp3) is 0.278. The molecule has 4 rings (SSSR count). The molecule has 0 radical (unpaired) electrons. The molecule has 0 amide bonds. The highest BCUT2D eigenvalue weighted by atomic mass is 16.1. The van der Waals surface area contributed by atoms with E-state index in [9.17, 15) is 4.79 Å². The molecule has 1 saturated heterocycles. The number of hydrogen-bond acceptors (Lipinski definition) is 6. The zero-order valence-corrected chi connectivity index (χ0v) is 13.9. The molecule has 3 aromatic heterocycles. The Balaban J connectivity index is 1.73. The minimum Gasteiger partial charge on any atom is -0.346 e. The fourth-order valence-corrected chi connectivity index (χ4v) is 3.23. The van der Waals surface area contributed by atoms with Crippen molar-refractivity contribution >= 4 is 5.82 Å². The Kier molecular flexibility index (Phi) is 3.97. The second kappa shape index (κ2) is 6.43. The van der Waals surface area contributed by atoms with E-state index in [0.717, 1.165) is 36.5 Å². The lowest BCUT2D eigenvalue weighted by Gasteiger charge is -2.25. The Bertz CT molecular complexity index is 940. The molecule has 1 N–H and O–H groups in total. The van der Waals surface area contributed by atoms with E-state index in [-0.39, 0.29) is 11.6 Å². The number of H-pyrrole nitrogens is 1. The number of rotatable bonds is 3. The number of aromatic nitrogens is 5.